The Morgan fingerprint density at radius 1 is 1.50 bits per heavy atom. The van der Waals surface area contributed by atoms with Gasteiger partial charge in [-0.15, -0.1) is 0 Å². The third kappa shape index (κ3) is 3.21. The fraction of sp³-hybridized carbons (Fsp3) is 0.538. The molecule has 0 aliphatic heterocycles. The molecule has 1 aliphatic rings. The molecule has 0 heterocycles. The van der Waals surface area contributed by atoms with Crippen LogP contribution in [0.4, 0.5) is 5.69 Å². The standard InChI is InChI=1S/C13H19N3O5S/c1-13(8-14,9-3-4-9)15-22(19,20)12-7-10(16(17)18)5-6-11(12)21-2/h5-7,9,15H,3-4,8,14H2,1-2H3. The number of methoxy groups -OCH3 is 1. The van der Waals surface area contributed by atoms with Gasteiger partial charge < -0.3 is 10.5 Å². The minimum absolute atomic E-state index is 0.0493. The average molecular weight is 329 g/mol. The molecule has 0 bridgehead atoms. The Morgan fingerprint density at radius 2 is 2.14 bits per heavy atom. The van der Waals surface area contributed by atoms with E-state index in [1.807, 2.05) is 0 Å². The first-order valence-corrected chi connectivity index (χ1v) is 8.28. The Balaban J connectivity index is 2.43. The predicted molar refractivity (Wildman–Crippen MR) is 80.2 cm³/mol. The second kappa shape index (κ2) is 5.82. The molecule has 2 rings (SSSR count). The zero-order valence-electron chi connectivity index (χ0n) is 12.4. The number of hydrogen-bond donors (Lipinski definition) is 2. The molecule has 1 aliphatic carbocycles. The van der Waals surface area contributed by atoms with Crippen LogP contribution in [0.5, 0.6) is 5.75 Å². The highest BCUT2D eigenvalue weighted by Gasteiger charge is 2.44. The lowest BCUT2D eigenvalue weighted by Gasteiger charge is -2.29. The van der Waals surface area contributed by atoms with Crippen molar-refractivity contribution >= 4 is 15.7 Å². The molecule has 22 heavy (non-hydrogen) atoms. The molecule has 1 unspecified atom stereocenters. The minimum Gasteiger partial charge on any atom is -0.495 e. The first kappa shape index (κ1) is 16.7. The van der Waals surface area contributed by atoms with Crippen LogP contribution in [0, 0.1) is 16.0 Å². The second-order valence-corrected chi connectivity index (χ2v) is 7.24. The summed E-state index contributed by atoms with van der Waals surface area (Å²) in [5, 5.41) is 10.9. The monoisotopic (exact) mass is 329 g/mol. The van der Waals surface area contributed by atoms with E-state index in [0.29, 0.717) is 0 Å². The van der Waals surface area contributed by atoms with Crippen LogP contribution in [0.1, 0.15) is 19.8 Å². The van der Waals surface area contributed by atoms with Crippen LogP contribution in [-0.4, -0.2) is 32.5 Å². The zero-order chi connectivity index (χ0) is 16.5. The van der Waals surface area contributed by atoms with Gasteiger partial charge in [0.25, 0.3) is 5.69 Å². The molecule has 122 valence electrons. The van der Waals surface area contributed by atoms with Gasteiger partial charge in [0, 0.05) is 24.2 Å². The highest BCUT2D eigenvalue weighted by molar-refractivity contribution is 7.89. The number of nitro benzene ring substituents is 1. The molecule has 0 radical (unpaired) electrons. The van der Waals surface area contributed by atoms with E-state index in [2.05, 4.69) is 4.72 Å². The van der Waals surface area contributed by atoms with Crippen molar-refractivity contribution in [1.82, 2.24) is 4.72 Å². The molecule has 0 aromatic heterocycles. The van der Waals surface area contributed by atoms with Crippen LogP contribution in [0.2, 0.25) is 0 Å². The molecule has 1 fully saturated rings. The van der Waals surface area contributed by atoms with Gasteiger partial charge in [-0.05, 0) is 31.7 Å². The van der Waals surface area contributed by atoms with Gasteiger partial charge in [0.05, 0.1) is 12.0 Å². The zero-order valence-corrected chi connectivity index (χ0v) is 13.2. The van der Waals surface area contributed by atoms with Crippen molar-refractivity contribution < 1.29 is 18.1 Å². The van der Waals surface area contributed by atoms with Gasteiger partial charge in [0.2, 0.25) is 10.0 Å². The van der Waals surface area contributed by atoms with E-state index in [9.17, 15) is 18.5 Å². The molecular weight excluding hydrogens is 310 g/mol. The van der Waals surface area contributed by atoms with Crippen molar-refractivity contribution in [3.05, 3.63) is 28.3 Å². The van der Waals surface area contributed by atoms with E-state index in [0.717, 1.165) is 18.9 Å². The number of sulfonamides is 1. The topological polar surface area (TPSA) is 125 Å². The van der Waals surface area contributed by atoms with Gasteiger partial charge in [-0.3, -0.25) is 10.1 Å². The Kier molecular flexibility index (Phi) is 4.41. The first-order valence-electron chi connectivity index (χ1n) is 6.80. The molecular formula is C13H19N3O5S. The van der Waals surface area contributed by atoms with Crippen molar-refractivity contribution in [2.24, 2.45) is 11.7 Å². The van der Waals surface area contributed by atoms with Crippen LogP contribution in [-0.2, 0) is 10.0 Å². The van der Waals surface area contributed by atoms with Crippen LogP contribution in [0.25, 0.3) is 0 Å². The van der Waals surface area contributed by atoms with Gasteiger partial charge in [-0.1, -0.05) is 0 Å². The van der Waals surface area contributed by atoms with E-state index in [1.165, 1.54) is 19.2 Å². The van der Waals surface area contributed by atoms with Gasteiger partial charge in [-0.2, -0.15) is 0 Å². The van der Waals surface area contributed by atoms with Crippen LogP contribution >= 0.6 is 0 Å². The molecule has 1 aromatic rings. The summed E-state index contributed by atoms with van der Waals surface area (Å²) in [6.07, 6.45) is 1.81. The lowest BCUT2D eigenvalue weighted by Crippen LogP contribution is -2.53. The van der Waals surface area contributed by atoms with E-state index >= 15 is 0 Å². The van der Waals surface area contributed by atoms with E-state index < -0.39 is 20.5 Å². The quantitative estimate of drug-likeness (QED) is 0.568. The summed E-state index contributed by atoms with van der Waals surface area (Å²) in [5.74, 6) is 0.227. The van der Waals surface area contributed by atoms with Crippen molar-refractivity contribution in [2.75, 3.05) is 13.7 Å². The lowest BCUT2D eigenvalue weighted by molar-refractivity contribution is -0.385. The molecule has 0 spiro atoms. The fourth-order valence-electron chi connectivity index (χ4n) is 2.36. The predicted octanol–water partition coefficient (Wildman–Crippen LogP) is 1.01. The highest BCUT2D eigenvalue weighted by Crippen LogP contribution is 2.40. The number of non-ortho nitro benzene ring substituents is 1. The molecule has 1 saturated carbocycles. The first-order chi connectivity index (χ1) is 10.2. The van der Waals surface area contributed by atoms with Crippen molar-refractivity contribution in [1.29, 1.82) is 0 Å². The Hall–Kier alpha value is -1.71. The van der Waals surface area contributed by atoms with Crippen LogP contribution in [0.3, 0.4) is 0 Å². The minimum atomic E-state index is -3.99. The molecule has 1 aromatic carbocycles. The van der Waals surface area contributed by atoms with Crippen molar-refractivity contribution in [3.8, 4) is 5.75 Å². The maximum atomic E-state index is 12.6. The SMILES string of the molecule is COc1ccc([N+](=O)[O-])cc1S(=O)(=O)NC(C)(CN)C1CC1. The third-order valence-corrected chi connectivity index (χ3v) is 5.55. The summed E-state index contributed by atoms with van der Waals surface area (Å²) in [7, 11) is -2.68. The summed E-state index contributed by atoms with van der Waals surface area (Å²) >= 11 is 0. The van der Waals surface area contributed by atoms with Crippen LogP contribution < -0.4 is 15.2 Å². The molecule has 8 nitrogen and oxygen atoms in total. The van der Waals surface area contributed by atoms with Crippen molar-refractivity contribution in [3.63, 3.8) is 0 Å². The van der Waals surface area contributed by atoms with Crippen molar-refractivity contribution in [2.45, 2.75) is 30.2 Å². The highest BCUT2D eigenvalue weighted by atomic mass is 32.2. The number of nitrogens with two attached hydrogens (primary N) is 1. The largest absolute Gasteiger partial charge is 0.495 e. The van der Waals surface area contributed by atoms with E-state index in [4.69, 9.17) is 10.5 Å². The number of rotatable bonds is 7. The fourth-order valence-corrected chi connectivity index (χ4v) is 4.03. The summed E-state index contributed by atoms with van der Waals surface area (Å²) in [5.41, 5.74) is 4.63. The number of nitrogens with zero attached hydrogens (tertiary/aromatic N) is 1. The Bertz CT molecular complexity index is 687. The second-order valence-electron chi connectivity index (χ2n) is 5.59. The van der Waals surface area contributed by atoms with Gasteiger partial charge >= 0.3 is 0 Å². The number of nitrogens with one attached hydrogen (secondary N) is 1. The maximum absolute atomic E-state index is 12.6. The van der Waals surface area contributed by atoms with E-state index in [1.54, 1.807) is 6.92 Å². The lowest BCUT2D eigenvalue weighted by atomic mass is 9.98. The maximum Gasteiger partial charge on any atom is 0.271 e. The third-order valence-electron chi connectivity index (χ3n) is 3.92. The number of benzene rings is 1. The Labute approximate surface area is 128 Å². The molecule has 9 heteroatoms. The van der Waals surface area contributed by atoms with Gasteiger partial charge in [0.1, 0.15) is 10.6 Å². The normalized spacial score (nSPS) is 17.8. The molecule has 0 saturated heterocycles. The molecule has 3 N–H and O–H groups in total. The van der Waals surface area contributed by atoms with E-state index in [-0.39, 0.29) is 28.8 Å². The number of nitro groups is 1. The smallest absolute Gasteiger partial charge is 0.271 e. The number of hydrogen-bond acceptors (Lipinski definition) is 6. The average Bonchev–Trinajstić information content (AvgIpc) is 3.31. The summed E-state index contributed by atoms with van der Waals surface area (Å²) < 4.78 is 32.8. The summed E-state index contributed by atoms with van der Waals surface area (Å²) in [6, 6.07) is 3.45. The van der Waals surface area contributed by atoms with Gasteiger partial charge in [0.15, 0.2) is 0 Å². The molecule has 1 atom stereocenters. The van der Waals surface area contributed by atoms with Gasteiger partial charge in [-0.25, -0.2) is 13.1 Å². The summed E-state index contributed by atoms with van der Waals surface area (Å²) in [6.45, 7) is 1.89. The van der Waals surface area contributed by atoms with Crippen LogP contribution in [0.15, 0.2) is 23.1 Å². The number of ether oxygens (including phenoxy) is 1. The Morgan fingerprint density at radius 3 is 2.59 bits per heavy atom. The molecule has 0 amide bonds. The summed E-state index contributed by atoms with van der Waals surface area (Å²) in [4.78, 5) is 9.96.